The number of ether oxygens (including phenoxy) is 2. The van der Waals surface area contributed by atoms with Gasteiger partial charge >= 0.3 is 5.97 Å². The van der Waals surface area contributed by atoms with Gasteiger partial charge in [-0.1, -0.05) is 24.0 Å². The first-order valence-electron chi connectivity index (χ1n) is 9.04. The smallest absolute Gasteiger partial charge is 0.308 e. The van der Waals surface area contributed by atoms with Crippen LogP contribution < -0.4 is 16.5 Å². The third-order valence-electron chi connectivity index (χ3n) is 3.50. The fourth-order valence-electron chi connectivity index (χ4n) is 2.22. The number of benzene rings is 1. The molecule has 1 unspecified atom stereocenters. The van der Waals surface area contributed by atoms with Crippen LogP contribution in [0.4, 0.5) is 5.69 Å². The Hall–Kier alpha value is -3.38. The molecule has 156 valence electrons. The Morgan fingerprint density at radius 2 is 1.90 bits per heavy atom. The molecule has 4 N–H and O–H groups in total. The van der Waals surface area contributed by atoms with Crippen LogP contribution in [0.15, 0.2) is 29.4 Å². The fraction of sp³-hybridized carbons (Fsp3) is 0.400. The number of esters is 1. The molecule has 0 spiro atoms. The van der Waals surface area contributed by atoms with Crippen LogP contribution in [-0.4, -0.2) is 50.4 Å². The minimum absolute atomic E-state index is 0.0184. The first-order valence-corrected chi connectivity index (χ1v) is 9.04. The fourth-order valence-corrected chi connectivity index (χ4v) is 2.22. The van der Waals surface area contributed by atoms with E-state index in [0.29, 0.717) is 5.69 Å². The minimum Gasteiger partial charge on any atom is -0.466 e. The lowest BCUT2D eigenvalue weighted by Gasteiger charge is -2.12. The molecule has 1 atom stereocenters. The van der Waals surface area contributed by atoms with Gasteiger partial charge in [0.05, 0.1) is 19.2 Å². The highest BCUT2D eigenvalue weighted by Gasteiger charge is 2.16. The van der Waals surface area contributed by atoms with E-state index < -0.39 is 17.9 Å². The number of hydrogen-bond acceptors (Lipinski definition) is 7. The van der Waals surface area contributed by atoms with E-state index in [0.717, 1.165) is 5.56 Å². The maximum atomic E-state index is 12.1. The van der Waals surface area contributed by atoms with E-state index in [2.05, 4.69) is 27.6 Å². The number of methoxy groups -OCH3 is 1. The Kier molecular flexibility index (Phi) is 11.2. The van der Waals surface area contributed by atoms with E-state index in [4.69, 9.17) is 15.3 Å². The van der Waals surface area contributed by atoms with Gasteiger partial charge in [0.2, 0.25) is 11.8 Å². The summed E-state index contributed by atoms with van der Waals surface area (Å²) in [6.45, 7) is 2.11. The molecular formula is C20H26N4O5. The van der Waals surface area contributed by atoms with Gasteiger partial charge in [-0.15, -0.1) is 0 Å². The SMILES string of the molecule is CCOC(=O)CC(C#CCOC)NC(=O)CCC(=O)Nc1ccc(C=NN)cc1. The van der Waals surface area contributed by atoms with E-state index >= 15 is 0 Å². The van der Waals surface area contributed by atoms with Crippen molar-refractivity contribution in [2.75, 3.05) is 25.6 Å². The normalized spacial score (nSPS) is 11.2. The number of carbonyl (C=O) groups excluding carboxylic acids is 3. The Morgan fingerprint density at radius 1 is 1.21 bits per heavy atom. The number of nitrogens with two attached hydrogens (primary N) is 1. The number of nitrogens with zero attached hydrogens (tertiary/aromatic N) is 1. The Labute approximate surface area is 170 Å². The number of amides is 2. The van der Waals surface area contributed by atoms with Gasteiger partial charge in [-0.2, -0.15) is 5.10 Å². The molecule has 1 rings (SSSR count). The summed E-state index contributed by atoms with van der Waals surface area (Å²) < 4.78 is 9.72. The second-order valence-corrected chi connectivity index (χ2v) is 5.83. The maximum absolute atomic E-state index is 12.1. The number of anilines is 1. The molecule has 9 nitrogen and oxygen atoms in total. The van der Waals surface area contributed by atoms with Crippen LogP contribution in [0.25, 0.3) is 0 Å². The van der Waals surface area contributed by atoms with Gasteiger partial charge in [0.1, 0.15) is 12.6 Å². The van der Waals surface area contributed by atoms with Crippen molar-refractivity contribution >= 4 is 29.7 Å². The number of carbonyl (C=O) groups is 3. The van der Waals surface area contributed by atoms with Gasteiger partial charge in [-0.05, 0) is 24.6 Å². The largest absolute Gasteiger partial charge is 0.466 e. The maximum Gasteiger partial charge on any atom is 0.308 e. The van der Waals surface area contributed by atoms with Crippen LogP contribution in [0.1, 0.15) is 31.7 Å². The van der Waals surface area contributed by atoms with Crippen LogP contribution >= 0.6 is 0 Å². The molecule has 0 aromatic heterocycles. The zero-order valence-electron chi connectivity index (χ0n) is 16.6. The summed E-state index contributed by atoms with van der Waals surface area (Å²) in [5.41, 5.74) is 1.39. The van der Waals surface area contributed by atoms with Crippen molar-refractivity contribution < 1.29 is 23.9 Å². The third kappa shape index (κ3) is 10.5. The van der Waals surface area contributed by atoms with Crippen molar-refractivity contribution in [3.05, 3.63) is 29.8 Å². The molecule has 1 aromatic rings. The molecule has 1 aromatic carbocycles. The highest BCUT2D eigenvalue weighted by molar-refractivity contribution is 5.93. The van der Waals surface area contributed by atoms with Crippen LogP contribution in [0.2, 0.25) is 0 Å². The Balaban J connectivity index is 2.51. The average molecular weight is 402 g/mol. The monoisotopic (exact) mass is 402 g/mol. The summed E-state index contributed by atoms with van der Waals surface area (Å²) in [6.07, 6.45) is 1.34. The summed E-state index contributed by atoms with van der Waals surface area (Å²) in [5, 5.41) is 8.75. The third-order valence-corrected chi connectivity index (χ3v) is 3.50. The van der Waals surface area contributed by atoms with Crippen LogP contribution in [-0.2, 0) is 23.9 Å². The molecule has 0 fully saturated rings. The Morgan fingerprint density at radius 3 is 2.52 bits per heavy atom. The molecule has 0 aliphatic rings. The predicted octanol–water partition coefficient (Wildman–Crippen LogP) is 0.786. The molecule has 0 heterocycles. The number of nitrogens with one attached hydrogen (secondary N) is 2. The van der Waals surface area contributed by atoms with Gasteiger partial charge in [-0.25, -0.2) is 0 Å². The molecule has 0 aliphatic carbocycles. The zero-order chi connectivity index (χ0) is 21.5. The van der Waals surface area contributed by atoms with E-state index in [9.17, 15) is 14.4 Å². The van der Waals surface area contributed by atoms with Crippen LogP contribution in [0, 0.1) is 11.8 Å². The van der Waals surface area contributed by atoms with E-state index in [1.807, 2.05) is 0 Å². The van der Waals surface area contributed by atoms with Crippen molar-refractivity contribution in [3.63, 3.8) is 0 Å². The highest BCUT2D eigenvalue weighted by Crippen LogP contribution is 2.09. The number of rotatable bonds is 10. The predicted molar refractivity (Wildman–Crippen MR) is 109 cm³/mol. The van der Waals surface area contributed by atoms with Gasteiger partial charge in [0, 0.05) is 25.6 Å². The summed E-state index contributed by atoms with van der Waals surface area (Å²) in [5.74, 6) is 9.37. The van der Waals surface area contributed by atoms with Crippen molar-refractivity contribution in [2.45, 2.75) is 32.2 Å². The molecule has 9 heteroatoms. The number of hydrogen-bond donors (Lipinski definition) is 3. The van der Waals surface area contributed by atoms with Gasteiger partial charge in [-0.3, -0.25) is 14.4 Å². The molecule has 0 bridgehead atoms. The van der Waals surface area contributed by atoms with Crippen molar-refractivity contribution in [1.82, 2.24) is 5.32 Å². The molecule has 0 saturated heterocycles. The van der Waals surface area contributed by atoms with E-state index in [-0.39, 0.29) is 38.4 Å². The van der Waals surface area contributed by atoms with E-state index in [1.165, 1.54) is 13.3 Å². The van der Waals surface area contributed by atoms with Crippen LogP contribution in [0.3, 0.4) is 0 Å². The topological polar surface area (TPSA) is 132 Å². The quantitative estimate of drug-likeness (QED) is 0.174. The lowest BCUT2D eigenvalue weighted by molar-refractivity contribution is -0.143. The molecule has 0 radical (unpaired) electrons. The van der Waals surface area contributed by atoms with Crippen molar-refractivity contribution in [3.8, 4) is 11.8 Å². The first kappa shape index (κ1) is 23.7. The molecule has 0 aliphatic heterocycles. The summed E-state index contributed by atoms with van der Waals surface area (Å²) >= 11 is 0. The highest BCUT2D eigenvalue weighted by atomic mass is 16.5. The Bertz CT molecular complexity index is 765. The van der Waals surface area contributed by atoms with Gasteiger partial charge in [0.25, 0.3) is 0 Å². The standard InChI is InChI=1S/C20H26N4O5/c1-3-29-20(27)13-17(5-4-12-28-2)24-19(26)11-10-18(25)23-16-8-6-15(7-9-16)14-22-21/h6-9,14,17H,3,10-13,21H2,1-2H3,(H,23,25)(H,24,26). The van der Waals surface area contributed by atoms with E-state index in [1.54, 1.807) is 31.2 Å². The molecule has 29 heavy (non-hydrogen) atoms. The van der Waals surface area contributed by atoms with Gasteiger partial charge in [0.15, 0.2) is 0 Å². The average Bonchev–Trinajstić information content (AvgIpc) is 2.68. The second kappa shape index (κ2) is 13.7. The van der Waals surface area contributed by atoms with Crippen molar-refractivity contribution in [1.29, 1.82) is 0 Å². The first-order chi connectivity index (χ1) is 14.0. The number of hydrazone groups is 1. The summed E-state index contributed by atoms with van der Waals surface area (Å²) in [7, 11) is 1.49. The molecular weight excluding hydrogens is 376 g/mol. The van der Waals surface area contributed by atoms with Crippen molar-refractivity contribution in [2.24, 2.45) is 10.9 Å². The molecule has 0 saturated carbocycles. The second-order valence-electron chi connectivity index (χ2n) is 5.83. The van der Waals surface area contributed by atoms with Crippen LogP contribution in [0.5, 0.6) is 0 Å². The zero-order valence-corrected chi connectivity index (χ0v) is 16.6. The summed E-state index contributed by atoms with van der Waals surface area (Å²) in [6, 6.07) is 6.19. The molecule has 2 amide bonds. The lowest BCUT2D eigenvalue weighted by Crippen LogP contribution is -2.36. The summed E-state index contributed by atoms with van der Waals surface area (Å²) in [4.78, 5) is 35.8. The van der Waals surface area contributed by atoms with Gasteiger partial charge < -0.3 is 25.9 Å². The minimum atomic E-state index is -0.712. The lowest BCUT2D eigenvalue weighted by atomic mass is 10.2.